The number of benzene rings is 1. The van der Waals surface area contributed by atoms with E-state index in [0.717, 1.165) is 11.8 Å². The van der Waals surface area contributed by atoms with Crippen LogP contribution in [0, 0.1) is 17.5 Å². The van der Waals surface area contributed by atoms with Crippen LogP contribution in [0.5, 0.6) is 0 Å². The van der Waals surface area contributed by atoms with Gasteiger partial charge in [-0.25, -0.2) is 13.2 Å². The molecule has 0 spiro atoms. The minimum Gasteiger partial charge on any atom is -0.395 e. The Morgan fingerprint density at radius 2 is 1.92 bits per heavy atom. The predicted octanol–water partition coefficient (Wildman–Crippen LogP) is 2.92. The van der Waals surface area contributed by atoms with Crippen molar-refractivity contribution < 1.29 is 13.2 Å². The molecule has 1 aromatic carbocycles. The standard InChI is InChI=1S/C8H6F3NS/c1-2-13-8-6(11)4(9)3-5(10)7(8)12/h2-3H,1,12H2. The van der Waals surface area contributed by atoms with E-state index in [1.807, 2.05) is 0 Å². The number of anilines is 1. The Balaban J connectivity index is 3.36. The predicted molar refractivity (Wildman–Crippen MR) is 46.8 cm³/mol. The van der Waals surface area contributed by atoms with E-state index in [4.69, 9.17) is 5.73 Å². The van der Waals surface area contributed by atoms with E-state index in [0.29, 0.717) is 6.07 Å². The summed E-state index contributed by atoms with van der Waals surface area (Å²) in [5.41, 5.74) is 4.79. The number of thioether (sulfide) groups is 1. The van der Waals surface area contributed by atoms with Gasteiger partial charge >= 0.3 is 0 Å². The molecule has 0 bridgehead atoms. The summed E-state index contributed by atoms with van der Waals surface area (Å²) in [6.07, 6.45) is 0. The lowest BCUT2D eigenvalue weighted by molar-refractivity contribution is 0.479. The second-order valence-electron chi connectivity index (χ2n) is 2.18. The fraction of sp³-hybridized carbons (Fsp3) is 0. The maximum absolute atomic E-state index is 12.9. The highest BCUT2D eigenvalue weighted by Gasteiger charge is 2.15. The number of nitrogen functional groups attached to an aromatic ring is 1. The number of halogens is 3. The number of hydrogen-bond acceptors (Lipinski definition) is 2. The highest BCUT2D eigenvalue weighted by molar-refractivity contribution is 8.02. The summed E-state index contributed by atoms with van der Waals surface area (Å²) in [5.74, 6) is -3.37. The van der Waals surface area contributed by atoms with Crippen molar-refractivity contribution in [2.75, 3.05) is 5.73 Å². The summed E-state index contributed by atoms with van der Waals surface area (Å²) in [6.45, 7) is 3.29. The Hall–Kier alpha value is -1.10. The highest BCUT2D eigenvalue weighted by Crippen LogP contribution is 2.31. The summed E-state index contributed by atoms with van der Waals surface area (Å²) < 4.78 is 38.3. The molecule has 13 heavy (non-hydrogen) atoms. The summed E-state index contributed by atoms with van der Waals surface area (Å²) in [5, 5.41) is 1.24. The molecule has 0 heterocycles. The van der Waals surface area contributed by atoms with Gasteiger partial charge in [-0.2, -0.15) is 0 Å². The van der Waals surface area contributed by atoms with Gasteiger partial charge in [0, 0.05) is 6.07 Å². The van der Waals surface area contributed by atoms with Crippen LogP contribution in [-0.4, -0.2) is 0 Å². The Morgan fingerprint density at radius 1 is 1.31 bits per heavy atom. The topological polar surface area (TPSA) is 26.0 Å². The van der Waals surface area contributed by atoms with E-state index in [-0.39, 0.29) is 4.90 Å². The van der Waals surface area contributed by atoms with Crippen LogP contribution in [0.15, 0.2) is 22.9 Å². The fourth-order valence-electron chi connectivity index (χ4n) is 0.786. The molecule has 0 amide bonds. The monoisotopic (exact) mass is 205 g/mol. The van der Waals surface area contributed by atoms with Gasteiger partial charge in [0.2, 0.25) is 0 Å². The average Bonchev–Trinajstić information content (AvgIpc) is 2.09. The van der Waals surface area contributed by atoms with Crippen molar-refractivity contribution >= 4 is 17.4 Å². The third-order valence-electron chi connectivity index (χ3n) is 1.37. The molecule has 0 fully saturated rings. The molecule has 5 heteroatoms. The van der Waals surface area contributed by atoms with Gasteiger partial charge in [-0.15, -0.1) is 0 Å². The van der Waals surface area contributed by atoms with Crippen LogP contribution < -0.4 is 5.73 Å². The van der Waals surface area contributed by atoms with Crippen LogP contribution in [0.25, 0.3) is 0 Å². The molecule has 1 aromatic rings. The van der Waals surface area contributed by atoms with Gasteiger partial charge in [0.1, 0.15) is 5.82 Å². The smallest absolute Gasteiger partial charge is 0.174 e. The van der Waals surface area contributed by atoms with E-state index >= 15 is 0 Å². The van der Waals surface area contributed by atoms with E-state index in [1.165, 1.54) is 5.41 Å². The molecule has 0 saturated carbocycles. The van der Waals surface area contributed by atoms with Crippen molar-refractivity contribution in [1.29, 1.82) is 0 Å². The van der Waals surface area contributed by atoms with E-state index in [1.54, 1.807) is 0 Å². The zero-order valence-corrected chi connectivity index (χ0v) is 7.30. The van der Waals surface area contributed by atoms with Gasteiger partial charge in [-0.05, 0) is 5.41 Å². The lowest BCUT2D eigenvalue weighted by Gasteiger charge is -2.05. The molecule has 1 nitrogen and oxygen atoms in total. The van der Waals surface area contributed by atoms with E-state index in [2.05, 4.69) is 6.58 Å². The minimum absolute atomic E-state index is 0.271. The number of rotatable bonds is 2. The third kappa shape index (κ3) is 1.80. The molecule has 0 unspecified atom stereocenters. The van der Waals surface area contributed by atoms with E-state index in [9.17, 15) is 13.2 Å². The second-order valence-corrected chi connectivity index (χ2v) is 3.16. The molecule has 1 rings (SSSR count). The van der Waals surface area contributed by atoms with Crippen molar-refractivity contribution in [3.63, 3.8) is 0 Å². The normalized spacial score (nSPS) is 10.1. The first-order valence-corrected chi connectivity index (χ1v) is 4.16. The van der Waals surface area contributed by atoms with Gasteiger partial charge in [0.15, 0.2) is 11.6 Å². The van der Waals surface area contributed by atoms with Crippen LogP contribution >= 0.6 is 11.8 Å². The zero-order valence-electron chi connectivity index (χ0n) is 6.48. The van der Waals surface area contributed by atoms with Crippen LogP contribution in [0.3, 0.4) is 0 Å². The first kappa shape index (κ1) is 9.98. The summed E-state index contributed by atoms with van der Waals surface area (Å²) in [7, 11) is 0. The largest absolute Gasteiger partial charge is 0.395 e. The van der Waals surface area contributed by atoms with Crippen LogP contribution in [-0.2, 0) is 0 Å². The lowest BCUT2D eigenvalue weighted by Crippen LogP contribution is -1.99. The van der Waals surface area contributed by atoms with Gasteiger partial charge in [-0.1, -0.05) is 18.3 Å². The lowest BCUT2D eigenvalue weighted by atomic mass is 10.3. The van der Waals surface area contributed by atoms with Gasteiger partial charge in [0.25, 0.3) is 0 Å². The molecule has 0 saturated heterocycles. The van der Waals surface area contributed by atoms with Crippen LogP contribution in [0.4, 0.5) is 18.9 Å². The molecule has 0 atom stereocenters. The molecule has 0 aliphatic heterocycles. The molecule has 0 aromatic heterocycles. The first-order chi connectivity index (χ1) is 6.07. The molecular weight excluding hydrogens is 199 g/mol. The number of nitrogens with two attached hydrogens (primary N) is 1. The van der Waals surface area contributed by atoms with Crippen LogP contribution in [0.1, 0.15) is 0 Å². The molecule has 2 N–H and O–H groups in total. The van der Waals surface area contributed by atoms with Gasteiger partial charge in [0.05, 0.1) is 10.6 Å². The molecule has 0 aliphatic rings. The highest BCUT2D eigenvalue weighted by atomic mass is 32.2. The summed E-state index contributed by atoms with van der Waals surface area (Å²) in [6, 6.07) is 0.414. The summed E-state index contributed by atoms with van der Waals surface area (Å²) >= 11 is 0.741. The Labute approximate surface area is 77.4 Å². The van der Waals surface area contributed by atoms with Gasteiger partial charge < -0.3 is 5.73 Å². The first-order valence-electron chi connectivity index (χ1n) is 3.28. The third-order valence-corrected chi connectivity index (χ3v) is 2.17. The molecule has 70 valence electrons. The van der Waals surface area contributed by atoms with Crippen molar-refractivity contribution in [3.8, 4) is 0 Å². The average molecular weight is 205 g/mol. The number of hydrogen-bond donors (Lipinski definition) is 1. The quantitative estimate of drug-likeness (QED) is 0.456. The van der Waals surface area contributed by atoms with Crippen molar-refractivity contribution in [3.05, 3.63) is 35.5 Å². The zero-order chi connectivity index (χ0) is 10.0. The fourth-order valence-corrected chi connectivity index (χ4v) is 1.38. The van der Waals surface area contributed by atoms with Gasteiger partial charge in [-0.3, -0.25) is 0 Å². The Morgan fingerprint density at radius 3 is 2.46 bits per heavy atom. The van der Waals surface area contributed by atoms with Crippen molar-refractivity contribution in [1.82, 2.24) is 0 Å². The molecule has 0 aliphatic carbocycles. The van der Waals surface area contributed by atoms with Crippen molar-refractivity contribution in [2.24, 2.45) is 0 Å². The van der Waals surface area contributed by atoms with Crippen molar-refractivity contribution in [2.45, 2.75) is 4.90 Å². The summed E-state index contributed by atoms with van der Waals surface area (Å²) in [4.78, 5) is -0.271. The molecular formula is C8H6F3NS. The maximum Gasteiger partial charge on any atom is 0.174 e. The van der Waals surface area contributed by atoms with E-state index < -0.39 is 23.1 Å². The Bertz CT molecular complexity index is 325. The van der Waals surface area contributed by atoms with Crippen LogP contribution in [0.2, 0.25) is 0 Å². The second kappa shape index (κ2) is 3.74. The minimum atomic E-state index is -1.25. The SMILES string of the molecule is C=CSc1c(N)c(F)cc(F)c1F. The Kier molecular flexibility index (Phi) is 2.87. The molecule has 0 radical (unpaired) electrons. The maximum atomic E-state index is 12.9.